The van der Waals surface area contributed by atoms with Gasteiger partial charge in [-0.05, 0) is 48.0 Å². The van der Waals surface area contributed by atoms with E-state index >= 15 is 0 Å². The lowest BCUT2D eigenvalue weighted by Crippen LogP contribution is -2.27. The third-order valence-corrected chi connectivity index (χ3v) is 4.10. The van der Waals surface area contributed by atoms with Crippen LogP contribution in [0.2, 0.25) is 0 Å². The molecule has 1 aromatic rings. The molecular formula is C18H24O. The van der Waals surface area contributed by atoms with E-state index in [2.05, 4.69) is 39.0 Å². The highest BCUT2D eigenvalue weighted by Gasteiger charge is 2.28. The minimum absolute atomic E-state index is 0.320. The Morgan fingerprint density at radius 3 is 2.42 bits per heavy atom. The molecule has 0 bridgehead atoms. The predicted octanol–water partition coefficient (Wildman–Crippen LogP) is 4.59. The van der Waals surface area contributed by atoms with Crippen LogP contribution in [0, 0.1) is 5.92 Å². The van der Waals surface area contributed by atoms with Gasteiger partial charge in [-0.15, -0.1) is 0 Å². The van der Waals surface area contributed by atoms with Crippen molar-refractivity contribution in [1.29, 1.82) is 0 Å². The van der Waals surface area contributed by atoms with E-state index in [1.165, 1.54) is 16.7 Å². The van der Waals surface area contributed by atoms with E-state index < -0.39 is 0 Å². The molecule has 1 aromatic carbocycles. The third-order valence-electron chi connectivity index (χ3n) is 4.10. The Kier molecular flexibility index (Phi) is 4.60. The van der Waals surface area contributed by atoms with E-state index in [9.17, 15) is 5.11 Å². The van der Waals surface area contributed by atoms with Crippen LogP contribution >= 0.6 is 0 Å². The first-order valence-corrected chi connectivity index (χ1v) is 7.33. The third kappa shape index (κ3) is 2.98. The Morgan fingerprint density at radius 2 is 1.84 bits per heavy atom. The highest BCUT2D eigenvalue weighted by atomic mass is 16.3. The summed E-state index contributed by atoms with van der Waals surface area (Å²) in [5.41, 5.74) is 5.19. The Hall–Kier alpha value is -1.34. The number of hydrogen-bond donors (Lipinski definition) is 1. The number of aliphatic hydroxyl groups is 1. The first-order chi connectivity index (χ1) is 9.17. The summed E-state index contributed by atoms with van der Waals surface area (Å²) in [4.78, 5) is 0. The van der Waals surface area contributed by atoms with Crippen molar-refractivity contribution in [3.05, 3.63) is 52.6 Å². The lowest BCUT2D eigenvalue weighted by Gasteiger charge is -2.32. The smallest absolute Gasteiger partial charge is 0.0821 e. The first kappa shape index (κ1) is 14.1. The molecule has 1 heteroatoms. The molecular weight excluding hydrogens is 232 g/mol. The molecule has 0 spiro atoms. The molecule has 0 amide bonds. The fraction of sp³-hybridized carbons (Fsp3) is 0.444. The zero-order valence-corrected chi connectivity index (χ0v) is 12.2. The molecule has 102 valence electrons. The van der Waals surface area contributed by atoms with Gasteiger partial charge in [-0.25, -0.2) is 0 Å². The van der Waals surface area contributed by atoms with Gasteiger partial charge in [0.05, 0.1) is 6.10 Å². The highest BCUT2D eigenvalue weighted by molar-refractivity contribution is 5.61. The van der Waals surface area contributed by atoms with Crippen LogP contribution in [0.4, 0.5) is 0 Å². The minimum atomic E-state index is -0.328. The predicted molar refractivity (Wildman–Crippen MR) is 81.8 cm³/mol. The van der Waals surface area contributed by atoms with E-state index in [-0.39, 0.29) is 6.10 Å². The van der Waals surface area contributed by atoms with E-state index in [4.69, 9.17) is 0 Å². The Morgan fingerprint density at radius 1 is 1.16 bits per heavy atom. The molecule has 2 rings (SSSR count). The quantitative estimate of drug-likeness (QED) is 0.838. The average molecular weight is 256 g/mol. The topological polar surface area (TPSA) is 20.2 Å². The summed E-state index contributed by atoms with van der Waals surface area (Å²) in [6, 6.07) is 10.3. The molecule has 0 heterocycles. The zero-order valence-electron chi connectivity index (χ0n) is 12.2. The van der Waals surface area contributed by atoms with Gasteiger partial charge in [-0.1, -0.05) is 56.7 Å². The molecule has 0 saturated heterocycles. The standard InChI is InChI=1S/C18H24O/c1-4-15-11-13(3)18(19)17(16(15)5-2)12-14-9-7-6-8-10-14/h6-10,12-13,18-19H,4-5,11H2,1-3H3/b17-12+. The van der Waals surface area contributed by atoms with Gasteiger partial charge in [0.25, 0.3) is 0 Å². The van der Waals surface area contributed by atoms with E-state index in [1.54, 1.807) is 0 Å². The molecule has 19 heavy (non-hydrogen) atoms. The molecule has 0 saturated carbocycles. The van der Waals surface area contributed by atoms with Crippen molar-refractivity contribution in [3.63, 3.8) is 0 Å². The van der Waals surface area contributed by atoms with Gasteiger partial charge in [-0.2, -0.15) is 0 Å². The number of aliphatic hydroxyl groups excluding tert-OH is 1. The molecule has 1 aliphatic rings. The lowest BCUT2D eigenvalue weighted by molar-refractivity contribution is 0.146. The van der Waals surface area contributed by atoms with Gasteiger partial charge < -0.3 is 5.11 Å². The van der Waals surface area contributed by atoms with Crippen molar-refractivity contribution in [2.24, 2.45) is 5.92 Å². The SMILES string of the molecule is CCC1=C(CC)/C(=C\c2ccccc2)C(O)C(C)C1. The maximum atomic E-state index is 10.5. The van der Waals surface area contributed by atoms with Crippen LogP contribution < -0.4 is 0 Å². The highest BCUT2D eigenvalue weighted by Crippen LogP contribution is 2.37. The van der Waals surface area contributed by atoms with Gasteiger partial charge in [0.1, 0.15) is 0 Å². The normalized spacial score (nSPS) is 26.0. The Labute approximate surface area is 116 Å². The molecule has 0 aromatic heterocycles. The molecule has 1 aliphatic carbocycles. The summed E-state index contributed by atoms with van der Waals surface area (Å²) < 4.78 is 0. The summed E-state index contributed by atoms with van der Waals surface area (Å²) >= 11 is 0. The number of rotatable bonds is 3. The monoisotopic (exact) mass is 256 g/mol. The summed E-state index contributed by atoms with van der Waals surface area (Å²) in [6.45, 7) is 6.55. The fourth-order valence-electron chi connectivity index (χ4n) is 3.03. The van der Waals surface area contributed by atoms with Crippen molar-refractivity contribution in [2.75, 3.05) is 0 Å². The van der Waals surface area contributed by atoms with Crippen LogP contribution in [0.5, 0.6) is 0 Å². The minimum Gasteiger partial charge on any atom is -0.388 e. The van der Waals surface area contributed by atoms with Gasteiger partial charge in [0.2, 0.25) is 0 Å². The molecule has 2 unspecified atom stereocenters. The fourth-order valence-corrected chi connectivity index (χ4v) is 3.03. The molecule has 2 atom stereocenters. The van der Waals surface area contributed by atoms with E-state index in [1.807, 2.05) is 18.2 Å². The van der Waals surface area contributed by atoms with Crippen LogP contribution in [0.3, 0.4) is 0 Å². The first-order valence-electron chi connectivity index (χ1n) is 7.33. The van der Waals surface area contributed by atoms with Crippen LogP contribution in [-0.2, 0) is 0 Å². The number of benzene rings is 1. The molecule has 1 N–H and O–H groups in total. The van der Waals surface area contributed by atoms with Crippen LogP contribution in [0.25, 0.3) is 6.08 Å². The maximum absolute atomic E-state index is 10.5. The largest absolute Gasteiger partial charge is 0.388 e. The summed E-state index contributed by atoms with van der Waals surface area (Å²) in [5.74, 6) is 0.320. The van der Waals surface area contributed by atoms with E-state index in [0.717, 1.165) is 24.8 Å². The van der Waals surface area contributed by atoms with Crippen LogP contribution in [0.15, 0.2) is 47.1 Å². The van der Waals surface area contributed by atoms with Gasteiger partial charge in [0, 0.05) is 0 Å². The van der Waals surface area contributed by atoms with Crippen LogP contribution in [-0.4, -0.2) is 11.2 Å². The maximum Gasteiger partial charge on any atom is 0.0821 e. The Bertz CT molecular complexity index is 482. The second kappa shape index (κ2) is 6.21. The zero-order chi connectivity index (χ0) is 13.8. The van der Waals surface area contributed by atoms with Crippen molar-refractivity contribution in [2.45, 2.75) is 46.1 Å². The second-order valence-electron chi connectivity index (χ2n) is 5.43. The lowest BCUT2D eigenvalue weighted by atomic mass is 9.77. The molecule has 0 radical (unpaired) electrons. The van der Waals surface area contributed by atoms with Gasteiger partial charge >= 0.3 is 0 Å². The van der Waals surface area contributed by atoms with Crippen LogP contribution in [0.1, 0.15) is 45.6 Å². The molecule has 0 fully saturated rings. The summed E-state index contributed by atoms with van der Waals surface area (Å²) in [5, 5.41) is 10.5. The van der Waals surface area contributed by atoms with Crippen molar-refractivity contribution in [3.8, 4) is 0 Å². The molecule has 0 aliphatic heterocycles. The van der Waals surface area contributed by atoms with Gasteiger partial charge in [0.15, 0.2) is 0 Å². The Balaban J connectivity index is 2.47. The second-order valence-corrected chi connectivity index (χ2v) is 5.43. The number of hydrogen-bond acceptors (Lipinski definition) is 1. The summed E-state index contributed by atoms with van der Waals surface area (Å²) in [7, 11) is 0. The average Bonchev–Trinajstić information content (AvgIpc) is 2.44. The van der Waals surface area contributed by atoms with Crippen molar-refractivity contribution in [1.82, 2.24) is 0 Å². The van der Waals surface area contributed by atoms with Crippen molar-refractivity contribution < 1.29 is 5.11 Å². The van der Waals surface area contributed by atoms with E-state index in [0.29, 0.717) is 5.92 Å². The van der Waals surface area contributed by atoms with Gasteiger partial charge in [-0.3, -0.25) is 0 Å². The molecule has 1 nitrogen and oxygen atoms in total. The van der Waals surface area contributed by atoms with Crippen molar-refractivity contribution >= 4 is 6.08 Å². The number of allylic oxidation sites excluding steroid dienone is 1. The summed E-state index contributed by atoms with van der Waals surface area (Å²) in [6.07, 6.45) is 4.96.